The minimum absolute atomic E-state index is 0.0809. The molecule has 0 aromatic carbocycles. The van der Waals surface area contributed by atoms with Gasteiger partial charge in [0.25, 0.3) is 5.91 Å². The highest BCUT2D eigenvalue weighted by atomic mass is 16.5. The number of carbonyl (C=O) groups is 1. The van der Waals surface area contributed by atoms with E-state index in [4.69, 9.17) is 16.9 Å². The van der Waals surface area contributed by atoms with Gasteiger partial charge in [0.05, 0.1) is 24.7 Å². The number of rotatable bonds is 3. The Morgan fingerprint density at radius 2 is 2.26 bits per heavy atom. The lowest BCUT2D eigenvalue weighted by Gasteiger charge is -2.08. The zero-order valence-electron chi connectivity index (χ0n) is 10.5. The fourth-order valence-corrected chi connectivity index (χ4v) is 1.75. The molecule has 2 aromatic rings. The van der Waals surface area contributed by atoms with Crippen LogP contribution in [0.15, 0.2) is 18.3 Å². The molecule has 0 unspecified atom stereocenters. The summed E-state index contributed by atoms with van der Waals surface area (Å²) in [6.45, 7) is 1.76. The second kappa shape index (κ2) is 4.82. The van der Waals surface area contributed by atoms with Crippen LogP contribution in [0.5, 0.6) is 5.88 Å². The Balaban J connectivity index is 2.63. The van der Waals surface area contributed by atoms with E-state index in [0.717, 1.165) is 0 Å². The molecule has 2 heterocycles. The summed E-state index contributed by atoms with van der Waals surface area (Å²) in [6, 6.07) is 3.42. The van der Waals surface area contributed by atoms with Crippen LogP contribution in [-0.2, 0) is 0 Å². The summed E-state index contributed by atoms with van der Waals surface area (Å²) in [5.41, 5.74) is 6.98. The molecule has 6 heteroatoms. The third-order valence-electron chi connectivity index (χ3n) is 2.65. The van der Waals surface area contributed by atoms with Gasteiger partial charge < -0.3 is 10.5 Å². The van der Waals surface area contributed by atoms with Gasteiger partial charge in [-0.3, -0.25) is 9.36 Å². The number of hydrogen-bond acceptors (Lipinski definition) is 4. The maximum atomic E-state index is 11.4. The summed E-state index contributed by atoms with van der Waals surface area (Å²) < 4.78 is 6.55. The number of primary amides is 1. The SMILES string of the molecule is C#Cc1nc(C(N)=O)n(-c2ccc(OC)nc2)c1C. The van der Waals surface area contributed by atoms with Crippen molar-refractivity contribution in [3.05, 3.63) is 35.5 Å². The molecule has 0 spiro atoms. The summed E-state index contributed by atoms with van der Waals surface area (Å²) in [6.07, 6.45) is 6.90. The molecule has 2 N–H and O–H groups in total. The molecule has 0 aliphatic heterocycles. The number of ether oxygens (including phenoxy) is 1. The van der Waals surface area contributed by atoms with Crippen molar-refractivity contribution in [2.24, 2.45) is 5.73 Å². The Morgan fingerprint density at radius 1 is 1.53 bits per heavy atom. The lowest BCUT2D eigenvalue weighted by Crippen LogP contribution is -2.18. The molecule has 96 valence electrons. The minimum Gasteiger partial charge on any atom is -0.481 e. The lowest BCUT2D eigenvalue weighted by molar-refractivity contribution is 0.0988. The van der Waals surface area contributed by atoms with E-state index in [-0.39, 0.29) is 5.82 Å². The third-order valence-corrected chi connectivity index (χ3v) is 2.65. The first-order valence-corrected chi connectivity index (χ1v) is 5.44. The number of pyridine rings is 1. The third kappa shape index (κ3) is 2.13. The predicted octanol–water partition coefficient (Wildman–Crippen LogP) is 0.665. The van der Waals surface area contributed by atoms with Gasteiger partial charge in [-0.05, 0) is 18.9 Å². The molecule has 0 aliphatic carbocycles. The summed E-state index contributed by atoms with van der Waals surface area (Å²) in [5, 5.41) is 0. The van der Waals surface area contributed by atoms with Gasteiger partial charge in [-0.1, -0.05) is 0 Å². The number of nitrogens with two attached hydrogens (primary N) is 1. The fourth-order valence-electron chi connectivity index (χ4n) is 1.75. The van der Waals surface area contributed by atoms with Crippen molar-refractivity contribution in [1.82, 2.24) is 14.5 Å². The second-order valence-corrected chi connectivity index (χ2v) is 3.77. The first-order chi connectivity index (χ1) is 9.08. The molecule has 19 heavy (non-hydrogen) atoms. The number of carbonyl (C=O) groups excluding carboxylic acids is 1. The maximum Gasteiger partial charge on any atom is 0.285 e. The van der Waals surface area contributed by atoms with Crippen LogP contribution in [0.1, 0.15) is 22.0 Å². The van der Waals surface area contributed by atoms with E-state index < -0.39 is 5.91 Å². The van der Waals surface area contributed by atoms with E-state index in [0.29, 0.717) is 23.0 Å². The average molecular weight is 256 g/mol. The normalized spacial score (nSPS) is 9.95. The van der Waals surface area contributed by atoms with Crippen molar-refractivity contribution in [2.75, 3.05) is 7.11 Å². The Kier molecular flexibility index (Phi) is 3.21. The first-order valence-electron chi connectivity index (χ1n) is 5.44. The zero-order valence-corrected chi connectivity index (χ0v) is 10.5. The number of hydrogen-bond donors (Lipinski definition) is 1. The van der Waals surface area contributed by atoms with Crippen molar-refractivity contribution in [2.45, 2.75) is 6.92 Å². The van der Waals surface area contributed by atoms with Gasteiger partial charge in [-0.25, -0.2) is 9.97 Å². The molecule has 0 saturated carbocycles. The standard InChI is InChI=1S/C13H12N4O2/c1-4-10-8(2)17(13(16-10)12(14)18)9-5-6-11(19-3)15-7-9/h1,5-7H,2-3H3,(H2,14,18). The van der Waals surface area contributed by atoms with Gasteiger partial charge in [-0.2, -0.15) is 0 Å². The Morgan fingerprint density at radius 3 is 2.74 bits per heavy atom. The number of nitrogens with zero attached hydrogens (tertiary/aromatic N) is 3. The Hall–Kier alpha value is -2.81. The zero-order chi connectivity index (χ0) is 14.0. The van der Waals surface area contributed by atoms with E-state index in [1.165, 1.54) is 7.11 Å². The number of methoxy groups -OCH3 is 1. The van der Waals surface area contributed by atoms with E-state index in [1.54, 1.807) is 29.8 Å². The molecule has 0 saturated heterocycles. The monoisotopic (exact) mass is 256 g/mol. The van der Waals surface area contributed by atoms with Gasteiger partial charge in [0.2, 0.25) is 11.7 Å². The molecule has 0 radical (unpaired) electrons. The van der Waals surface area contributed by atoms with Gasteiger partial charge in [0.15, 0.2) is 0 Å². The van der Waals surface area contributed by atoms with Crippen LogP contribution in [0.3, 0.4) is 0 Å². The average Bonchev–Trinajstić information content (AvgIpc) is 2.76. The molecule has 0 atom stereocenters. The van der Waals surface area contributed by atoms with Crippen LogP contribution in [0.25, 0.3) is 5.69 Å². The predicted molar refractivity (Wildman–Crippen MR) is 69.1 cm³/mol. The molecule has 0 bridgehead atoms. The van der Waals surface area contributed by atoms with Gasteiger partial charge in [0, 0.05) is 6.07 Å². The van der Waals surface area contributed by atoms with Crippen LogP contribution < -0.4 is 10.5 Å². The van der Waals surface area contributed by atoms with Crippen molar-refractivity contribution in [3.8, 4) is 23.9 Å². The van der Waals surface area contributed by atoms with Gasteiger partial charge >= 0.3 is 0 Å². The topological polar surface area (TPSA) is 83.0 Å². The minimum atomic E-state index is -0.652. The Labute approximate surface area is 110 Å². The van der Waals surface area contributed by atoms with E-state index in [1.807, 2.05) is 0 Å². The highest BCUT2D eigenvalue weighted by Gasteiger charge is 2.18. The quantitative estimate of drug-likeness (QED) is 0.818. The molecule has 1 amide bonds. The maximum absolute atomic E-state index is 11.4. The van der Waals surface area contributed by atoms with E-state index in [9.17, 15) is 4.79 Å². The summed E-state index contributed by atoms with van der Waals surface area (Å²) in [7, 11) is 1.52. The van der Waals surface area contributed by atoms with Crippen LogP contribution in [0.2, 0.25) is 0 Å². The summed E-state index contributed by atoms with van der Waals surface area (Å²) in [4.78, 5) is 19.5. The molecular weight excluding hydrogens is 244 g/mol. The summed E-state index contributed by atoms with van der Waals surface area (Å²) >= 11 is 0. The highest BCUT2D eigenvalue weighted by Crippen LogP contribution is 2.18. The summed E-state index contributed by atoms with van der Waals surface area (Å²) in [5.74, 6) is 2.32. The van der Waals surface area contributed by atoms with E-state index >= 15 is 0 Å². The number of imidazole rings is 1. The molecule has 0 fully saturated rings. The molecule has 2 rings (SSSR count). The van der Waals surface area contributed by atoms with Crippen molar-refractivity contribution >= 4 is 5.91 Å². The smallest absolute Gasteiger partial charge is 0.285 e. The van der Waals surface area contributed by atoms with Crippen LogP contribution in [0, 0.1) is 19.3 Å². The fraction of sp³-hybridized carbons (Fsp3) is 0.154. The van der Waals surface area contributed by atoms with E-state index in [2.05, 4.69) is 15.9 Å². The number of amides is 1. The molecule has 0 aliphatic rings. The molecule has 2 aromatic heterocycles. The number of aromatic nitrogens is 3. The molecular formula is C13H12N4O2. The van der Waals surface area contributed by atoms with Crippen molar-refractivity contribution in [3.63, 3.8) is 0 Å². The van der Waals surface area contributed by atoms with Gasteiger partial charge in [-0.15, -0.1) is 6.42 Å². The first kappa shape index (κ1) is 12.6. The van der Waals surface area contributed by atoms with Crippen LogP contribution in [-0.4, -0.2) is 27.6 Å². The van der Waals surface area contributed by atoms with Crippen LogP contribution in [0.4, 0.5) is 0 Å². The largest absolute Gasteiger partial charge is 0.481 e. The van der Waals surface area contributed by atoms with Crippen molar-refractivity contribution in [1.29, 1.82) is 0 Å². The lowest BCUT2D eigenvalue weighted by atomic mass is 10.3. The molecule has 6 nitrogen and oxygen atoms in total. The van der Waals surface area contributed by atoms with Gasteiger partial charge in [0.1, 0.15) is 5.69 Å². The highest BCUT2D eigenvalue weighted by molar-refractivity contribution is 5.90. The Bertz CT molecular complexity index is 665. The second-order valence-electron chi connectivity index (χ2n) is 3.77. The van der Waals surface area contributed by atoms with Crippen molar-refractivity contribution < 1.29 is 9.53 Å². The number of terminal acetylenes is 1. The van der Waals surface area contributed by atoms with Crippen LogP contribution >= 0.6 is 0 Å².